The van der Waals surface area contributed by atoms with Crippen molar-refractivity contribution >= 4 is 5.71 Å². The van der Waals surface area contributed by atoms with Gasteiger partial charge >= 0.3 is 0 Å². The molecule has 0 aromatic heterocycles. The van der Waals surface area contributed by atoms with Crippen molar-refractivity contribution < 1.29 is 0 Å². The number of allylic oxidation sites excluding steroid dienone is 4. The van der Waals surface area contributed by atoms with E-state index >= 15 is 0 Å². The second kappa shape index (κ2) is 3.67. The van der Waals surface area contributed by atoms with E-state index in [1.807, 2.05) is 24.3 Å². The molecule has 2 heteroatoms. The van der Waals surface area contributed by atoms with E-state index < -0.39 is 0 Å². The lowest BCUT2D eigenvalue weighted by molar-refractivity contribution is 0.966. The van der Waals surface area contributed by atoms with E-state index in [9.17, 15) is 0 Å². The van der Waals surface area contributed by atoms with Crippen LogP contribution < -0.4 is 5.43 Å². The van der Waals surface area contributed by atoms with Crippen LogP contribution in [0.3, 0.4) is 0 Å². The topological polar surface area (TPSA) is 24.4 Å². The highest BCUT2D eigenvalue weighted by atomic mass is 15.3. The molecule has 0 spiro atoms. The normalized spacial score (nSPS) is 15.4. The maximum Gasteiger partial charge on any atom is 0.0644 e. The second-order valence-electron chi connectivity index (χ2n) is 1.94. The van der Waals surface area contributed by atoms with Crippen molar-refractivity contribution in [1.29, 1.82) is 0 Å². The van der Waals surface area contributed by atoms with Gasteiger partial charge in [-0.2, -0.15) is 5.10 Å². The van der Waals surface area contributed by atoms with E-state index in [1.54, 1.807) is 6.20 Å². The molecule has 0 unspecified atom stereocenters. The van der Waals surface area contributed by atoms with Crippen molar-refractivity contribution in [2.45, 2.75) is 6.42 Å². The summed E-state index contributed by atoms with van der Waals surface area (Å²) in [7, 11) is 0. The first-order chi connectivity index (χ1) is 4.93. The first-order valence-corrected chi connectivity index (χ1v) is 3.19. The molecule has 52 valence electrons. The third-order valence-corrected chi connectivity index (χ3v) is 1.13. The summed E-state index contributed by atoms with van der Waals surface area (Å²) in [6, 6.07) is 0. The molecule has 0 aliphatic carbocycles. The Bertz CT molecular complexity index is 199. The highest BCUT2D eigenvalue weighted by molar-refractivity contribution is 5.96. The lowest BCUT2D eigenvalue weighted by Crippen LogP contribution is -1.98. The SMILES string of the molecule is C=CCC1=NNC=CC=C1. The zero-order valence-corrected chi connectivity index (χ0v) is 5.75. The van der Waals surface area contributed by atoms with Gasteiger partial charge in [-0.15, -0.1) is 6.58 Å². The molecular weight excluding hydrogens is 124 g/mol. The highest BCUT2D eigenvalue weighted by Crippen LogP contribution is 1.92. The van der Waals surface area contributed by atoms with E-state index in [1.165, 1.54) is 0 Å². The maximum absolute atomic E-state index is 4.03. The molecule has 0 radical (unpaired) electrons. The molecular formula is C8H10N2. The van der Waals surface area contributed by atoms with Gasteiger partial charge in [0.05, 0.1) is 5.71 Å². The summed E-state index contributed by atoms with van der Waals surface area (Å²) >= 11 is 0. The summed E-state index contributed by atoms with van der Waals surface area (Å²) in [6.45, 7) is 3.62. The molecule has 0 aromatic rings. The Morgan fingerprint density at radius 1 is 1.60 bits per heavy atom. The molecule has 0 atom stereocenters. The van der Waals surface area contributed by atoms with Gasteiger partial charge in [-0.1, -0.05) is 12.2 Å². The van der Waals surface area contributed by atoms with Crippen molar-refractivity contribution in [3.8, 4) is 0 Å². The minimum atomic E-state index is 0.811. The highest BCUT2D eigenvalue weighted by Gasteiger charge is 1.89. The average Bonchev–Trinajstić information content (AvgIpc) is 2.17. The molecule has 1 aliphatic rings. The van der Waals surface area contributed by atoms with Gasteiger partial charge in [-0.25, -0.2) is 0 Å². The van der Waals surface area contributed by atoms with E-state index in [2.05, 4.69) is 17.1 Å². The summed E-state index contributed by atoms with van der Waals surface area (Å²) in [5.41, 5.74) is 3.78. The summed E-state index contributed by atoms with van der Waals surface area (Å²) in [5, 5.41) is 4.03. The van der Waals surface area contributed by atoms with Crippen molar-refractivity contribution in [2.24, 2.45) is 5.10 Å². The van der Waals surface area contributed by atoms with Crippen LogP contribution in [0.15, 0.2) is 42.2 Å². The van der Waals surface area contributed by atoms with Gasteiger partial charge in [0.2, 0.25) is 0 Å². The minimum absolute atomic E-state index is 0.811. The van der Waals surface area contributed by atoms with Gasteiger partial charge in [0.25, 0.3) is 0 Å². The van der Waals surface area contributed by atoms with Crippen LogP contribution in [-0.4, -0.2) is 5.71 Å². The van der Waals surface area contributed by atoms with Crippen molar-refractivity contribution in [2.75, 3.05) is 0 Å². The quantitative estimate of drug-likeness (QED) is 0.570. The predicted octanol–water partition coefficient (Wildman–Crippen LogP) is 1.59. The molecule has 0 saturated carbocycles. The zero-order valence-electron chi connectivity index (χ0n) is 5.75. The van der Waals surface area contributed by atoms with Gasteiger partial charge in [-0.05, 0) is 12.2 Å². The monoisotopic (exact) mass is 134 g/mol. The number of hydrogen-bond acceptors (Lipinski definition) is 2. The third kappa shape index (κ3) is 1.90. The molecule has 0 saturated heterocycles. The summed E-state index contributed by atoms with van der Waals surface area (Å²) < 4.78 is 0. The van der Waals surface area contributed by atoms with Crippen LogP contribution in [-0.2, 0) is 0 Å². The maximum atomic E-state index is 4.03. The largest absolute Gasteiger partial charge is 0.286 e. The standard InChI is InChI=1S/C8H10N2/c1-2-5-8-6-3-4-7-9-10-8/h2-4,6-7,9H,1,5H2. The van der Waals surface area contributed by atoms with Crippen molar-refractivity contribution in [3.05, 3.63) is 37.1 Å². The fourth-order valence-corrected chi connectivity index (χ4v) is 0.684. The Hall–Kier alpha value is -1.31. The number of nitrogens with one attached hydrogen (secondary N) is 1. The molecule has 0 amide bonds. The van der Waals surface area contributed by atoms with Crippen LogP contribution in [0.5, 0.6) is 0 Å². The number of hydrazone groups is 1. The summed E-state index contributed by atoms with van der Waals surface area (Å²) in [5.74, 6) is 0. The lowest BCUT2D eigenvalue weighted by Gasteiger charge is -1.92. The Morgan fingerprint density at radius 2 is 2.50 bits per heavy atom. The number of nitrogens with zero attached hydrogens (tertiary/aromatic N) is 1. The van der Waals surface area contributed by atoms with Gasteiger partial charge < -0.3 is 0 Å². The van der Waals surface area contributed by atoms with Crippen LogP contribution >= 0.6 is 0 Å². The van der Waals surface area contributed by atoms with Crippen LogP contribution in [0.4, 0.5) is 0 Å². The van der Waals surface area contributed by atoms with Gasteiger partial charge in [0, 0.05) is 12.6 Å². The van der Waals surface area contributed by atoms with Gasteiger partial charge in [-0.3, -0.25) is 5.43 Å². The molecule has 0 fully saturated rings. The molecule has 1 rings (SSSR count). The number of rotatable bonds is 2. The Morgan fingerprint density at radius 3 is 3.30 bits per heavy atom. The van der Waals surface area contributed by atoms with Crippen molar-refractivity contribution in [1.82, 2.24) is 5.43 Å². The smallest absolute Gasteiger partial charge is 0.0644 e. The Balaban J connectivity index is 2.59. The van der Waals surface area contributed by atoms with Gasteiger partial charge in [0.15, 0.2) is 0 Å². The zero-order chi connectivity index (χ0) is 7.23. The van der Waals surface area contributed by atoms with Crippen LogP contribution in [0.2, 0.25) is 0 Å². The van der Waals surface area contributed by atoms with Crippen molar-refractivity contribution in [3.63, 3.8) is 0 Å². The van der Waals surface area contributed by atoms with Crippen LogP contribution in [0.25, 0.3) is 0 Å². The van der Waals surface area contributed by atoms with E-state index in [-0.39, 0.29) is 0 Å². The molecule has 1 N–H and O–H groups in total. The van der Waals surface area contributed by atoms with Gasteiger partial charge in [0.1, 0.15) is 0 Å². The molecule has 2 nitrogen and oxygen atoms in total. The predicted molar refractivity (Wildman–Crippen MR) is 43.7 cm³/mol. The number of hydrogen-bond donors (Lipinski definition) is 1. The summed E-state index contributed by atoms with van der Waals surface area (Å²) in [4.78, 5) is 0. The Kier molecular flexibility index (Phi) is 2.49. The second-order valence-corrected chi connectivity index (χ2v) is 1.94. The third-order valence-electron chi connectivity index (χ3n) is 1.13. The molecule has 1 aliphatic heterocycles. The fourth-order valence-electron chi connectivity index (χ4n) is 0.684. The first kappa shape index (κ1) is 6.81. The molecule has 1 heterocycles. The van der Waals surface area contributed by atoms with E-state index in [0.29, 0.717) is 0 Å². The van der Waals surface area contributed by atoms with E-state index in [0.717, 1.165) is 12.1 Å². The molecule has 10 heavy (non-hydrogen) atoms. The average molecular weight is 134 g/mol. The van der Waals surface area contributed by atoms with Crippen LogP contribution in [0.1, 0.15) is 6.42 Å². The first-order valence-electron chi connectivity index (χ1n) is 3.19. The molecule has 0 aromatic carbocycles. The summed E-state index contributed by atoms with van der Waals surface area (Å²) in [6.07, 6.45) is 10.2. The van der Waals surface area contributed by atoms with Crippen LogP contribution in [0, 0.1) is 0 Å². The molecule has 0 bridgehead atoms. The minimum Gasteiger partial charge on any atom is -0.286 e. The Labute approximate surface area is 60.6 Å². The lowest BCUT2D eigenvalue weighted by atomic mass is 10.2. The van der Waals surface area contributed by atoms with E-state index in [4.69, 9.17) is 0 Å². The fraction of sp³-hybridized carbons (Fsp3) is 0.125.